The van der Waals surface area contributed by atoms with E-state index in [-0.39, 0.29) is 0 Å². The maximum atomic E-state index is 3.62. The molecule has 0 aromatic carbocycles. The predicted octanol–water partition coefficient (Wildman–Crippen LogP) is 3.88. The molecule has 1 aliphatic heterocycles. The van der Waals surface area contributed by atoms with E-state index in [1.54, 1.807) is 0 Å². The van der Waals surface area contributed by atoms with Gasteiger partial charge in [-0.1, -0.05) is 25.8 Å². The molecule has 3 heteroatoms. The van der Waals surface area contributed by atoms with Crippen LogP contribution in [0.2, 0.25) is 0 Å². The largest absolute Gasteiger partial charge is 0.310 e. The number of hydrogen-bond donors (Lipinski definition) is 1. The molecular weight excluding hydrogens is 252 g/mol. The highest BCUT2D eigenvalue weighted by atomic mass is 32.1. The van der Waals surface area contributed by atoms with Crippen LogP contribution in [0.5, 0.6) is 0 Å². The molecule has 2 rings (SSSR count). The molecule has 108 valence electrons. The first-order valence-corrected chi connectivity index (χ1v) is 8.68. The highest BCUT2D eigenvalue weighted by Crippen LogP contribution is 2.22. The Morgan fingerprint density at radius 2 is 2.37 bits per heavy atom. The number of thiophene rings is 1. The van der Waals surface area contributed by atoms with Crippen LogP contribution >= 0.6 is 11.3 Å². The lowest BCUT2D eigenvalue weighted by molar-refractivity contribution is 0.0955. The van der Waals surface area contributed by atoms with Gasteiger partial charge in [0.2, 0.25) is 0 Å². The Morgan fingerprint density at radius 3 is 3.11 bits per heavy atom. The minimum absolute atomic E-state index is 0.664. The van der Waals surface area contributed by atoms with E-state index in [0.717, 1.165) is 19.1 Å². The number of nitrogens with zero attached hydrogens (tertiary/aromatic N) is 1. The molecule has 0 amide bonds. The van der Waals surface area contributed by atoms with Gasteiger partial charge < -0.3 is 5.32 Å². The zero-order valence-corrected chi connectivity index (χ0v) is 13.2. The molecule has 0 bridgehead atoms. The standard InChI is InChI=1S/C16H28N2S/c1-3-7-15-8-4-5-10-18(15)14(2)12-17-13-16-9-6-11-19-16/h6,9,11,14-15,17H,3-5,7-8,10,12-13H2,1-2H3. The Bertz CT molecular complexity index is 335. The summed E-state index contributed by atoms with van der Waals surface area (Å²) >= 11 is 1.84. The van der Waals surface area contributed by atoms with Crippen LogP contribution in [0, 0.1) is 0 Å². The van der Waals surface area contributed by atoms with Crippen LogP contribution in [0.1, 0.15) is 50.8 Å². The van der Waals surface area contributed by atoms with Gasteiger partial charge in [0, 0.05) is 30.1 Å². The molecular formula is C16H28N2S. The summed E-state index contributed by atoms with van der Waals surface area (Å²) in [5.41, 5.74) is 0. The van der Waals surface area contributed by atoms with Gasteiger partial charge in [-0.3, -0.25) is 4.90 Å². The normalized spacial score (nSPS) is 22.5. The van der Waals surface area contributed by atoms with E-state index in [0.29, 0.717) is 6.04 Å². The first-order chi connectivity index (χ1) is 9.31. The van der Waals surface area contributed by atoms with Crippen molar-refractivity contribution >= 4 is 11.3 Å². The van der Waals surface area contributed by atoms with Crippen LogP contribution in [0.4, 0.5) is 0 Å². The Labute approximate surface area is 122 Å². The topological polar surface area (TPSA) is 15.3 Å². The number of nitrogens with one attached hydrogen (secondary N) is 1. The molecule has 0 spiro atoms. The van der Waals surface area contributed by atoms with Gasteiger partial charge in [-0.15, -0.1) is 11.3 Å². The minimum atomic E-state index is 0.664. The third kappa shape index (κ3) is 4.59. The Hall–Kier alpha value is -0.380. The van der Waals surface area contributed by atoms with Crippen molar-refractivity contribution in [2.75, 3.05) is 13.1 Å². The average molecular weight is 280 g/mol. The van der Waals surface area contributed by atoms with Gasteiger partial charge in [0.05, 0.1) is 0 Å². The average Bonchev–Trinajstić information content (AvgIpc) is 2.93. The summed E-state index contributed by atoms with van der Waals surface area (Å²) in [6.45, 7) is 8.13. The molecule has 2 atom stereocenters. The SMILES string of the molecule is CCCC1CCCCN1C(C)CNCc1cccs1. The molecule has 1 aromatic rings. The van der Waals surface area contributed by atoms with Crippen molar-refractivity contribution in [3.8, 4) is 0 Å². The summed E-state index contributed by atoms with van der Waals surface area (Å²) in [6, 6.07) is 5.84. The lowest BCUT2D eigenvalue weighted by Crippen LogP contribution is -2.48. The fourth-order valence-electron chi connectivity index (χ4n) is 3.18. The van der Waals surface area contributed by atoms with Crippen molar-refractivity contribution in [3.05, 3.63) is 22.4 Å². The van der Waals surface area contributed by atoms with Gasteiger partial charge in [0.1, 0.15) is 0 Å². The molecule has 1 saturated heterocycles. The number of likely N-dealkylation sites (tertiary alicyclic amines) is 1. The van der Waals surface area contributed by atoms with E-state index in [2.05, 4.69) is 41.6 Å². The highest BCUT2D eigenvalue weighted by Gasteiger charge is 2.25. The molecule has 1 N–H and O–H groups in total. The third-order valence-corrected chi connectivity index (χ3v) is 5.06. The maximum absolute atomic E-state index is 3.62. The summed E-state index contributed by atoms with van der Waals surface area (Å²) in [5.74, 6) is 0. The van der Waals surface area contributed by atoms with Crippen molar-refractivity contribution in [1.29, 1.82) is 0 Å². The molecule has 2 nitrogen and oxygen atoms in total. The van der Waals surface area contributed by atoms with Crippen LogP contribution in [0.25, 0.3) is 0 Å². The molecule has 1 aromatic heterocycles. The van der Waals surface area contributed by atoms with Crippen molar-refractivity contribution in [3.63, 3.8) is 0 Å². The van der Waals surface area contributed by atoms with Crippen LogP contribution in [-0.2, 0) is 6.54 Å². The zero-order chi connectivity index (χ0) is 13.5. The van der Waals surface area contributed by atoms with E-state index in [4.69, 9.17) is 0 Å². The third-order valence-electron chi connectivity index (χ3n) is 4.18. The van der Waals surface area contributed by atoms with E-state index in [1.165, 1.54) is 43.5 Å². The van der Waals surface area contributed by atoms with Crippen LogP contribution in [0.3, 0.4) is 0 Å². The smallest absolute Gasteiger partial charge is 0.0300 e. The molecule has 0 saturated carbocycles. The van der Waals surface area contributed by atoms with Gasteiger partial charge >= 0.3 is 0 Å². The number of rotatable bonds is 7. The Balaban J connectivity index is 1.75. The summed E-state index contributed by atoms with van der Waals surface area (Å²) < 4.78 is 0. The van der Waals surface area contributed by atoms with E-state index in [9.17, 15) is 0 Å². The maximum Gasteiger partial charge on any atom is 0.0300 e. The van der Waals surface area contributed by atoms with Crippen molar-refractivity contribution < 1.29 is 0 Å². The molecule has 19 heavy (non-hydrogen) atoms. The molecule has 2 heterocycles. The highest BCUT2D eigenvalue weighted by molar-refractivity contribution is 7.09. The lowest BCUT2D eigenvalue weighted by Gasteiger charge is -2.40. The second kappa shape index (κ2) is 8.03. The predicted molar refractivity (Wildman–Crippen MR) is 84.7 cm³/mol. The Morgan fingerprint density at radius 1 is 1.47 bits per heavy atom. The van der Waals surface area contributed by atoms with Crippen molar-refractivity contribution in [2.24, 2.45) is 0 Å². The van der Waals surface area contributed by atoms with E-state index < -0.39 is 0 Å². The van der Waals surface area contributed by atoms with Crippen molar-refractivity contribution in [2.45, 2.75) is 64.6 Å². The molecule has 1 aliphatic rings. The lowest BCUT2D eigenvalue weighted by atomic mass is 9.96. The van der Waals surface area contributed by atoms with Gasteiger partial charge in [0.25, 0.3) is 0 Å². The molecule has 0 aliphatic carbocycles. The van der Waals surface area contributed by atoms with E-state index >= 15 is 0 Å². The van der Waals surface area contributed by atoms with Crippen LogP contribution in [0.15, 0.2) is 17.5 Å². The Kier molecular flexibility index (Phi) is 6.35. The van der Waals surface area contributed by atoms with Crippen LogP contribution < -0.4 is 5.32 Å². The fraction of sp³-hybridized carbons (Fsp3) is 0.750. The van der Waals surface area contributed by atoms with Gasteiger partial charge in [0.15, 0.2) is 0 Å². The monoisotopic (exact) mass is 280 g/mol. The number of hydrogen-bond acceptors (Lipinski definition) is 3. The van der Waals surface area contributed by atoms with E-state index in [1.807, 2.05) is 11.3 Å². The summed E-state index contributed by atoms with van der Waals surface area (Å²) in [5, 5.41) is 5.77. The summed E-state index contributed by atoms with van der Waals surface area (Å²) in [4.78, 5) is 4.19. The minimum Gasteiger partial charge on any atom is -0.310 e. The van der Waals surface area contributed by atoms with Crippen LogP contribution in [-0.4, -0.2) is 30.1 Å². The summed E-state index contributed by atoms with van der Waals surface area (Å²) in [7, 11) is 0. The summed E-state index contributed by atoms with van der Waals surface area (Å²) in [6.07, 6.45) is 6.90. The second-order valence-corrected chi connectivity index (χ2v) is 6.77. The van der Waals surface area contributed by atoms with Gasteiger partial charge in [-0.25, -0.2) is 0 Å². The zero-order valence-electron chi connectivity index (χ0n) is 12.4. The van der Waals surface area contributed by atoms with Crippen molar-refractivity contribution in [1.82, 2.24) is 10.2 Å². The molecule has 2 unspecified atom stereocenters. The molecule has 0 radical (unpaired) electrons. The molecule has 1 fully saturated rings. The second-order valence-electron chi connectivity index (χ2n) is 5.74. The fourth-order valence-corrected chi connectivity index (χ4v) is 3.86. The number of piperidine rings is 1. The first-order valence-electron chi connectivity index (χ1n) is 7.80. The van der Waals surface area contributed by atoms with Gasteiger partial charge in [-0.05, 0) is 44.2 Å². The first kappa shape index (κ1) is 15.0. The quantitative estimate of drug-likeness (QED) is 0.815. The van der Waals surface area contributed by atoms with Gasteiger partial charge in [-0.2, -0.15) is 0 Å².